The molecule has 2 aliphatic carbocycles. The SMILES string of the molecule is O=C1CC[C@H]2[C@H]3Cc4ccc(O)c5c4[C@@]2(CCN3)[C@H]1O5.OCl. The number of piperidine rings is 1. The minimum atomic E-state index is -0.367. The summed E-state index contributed by atoms with van der Waals surface area (Å²) in [6.45, 7) is 0.933. The van der Waals surface area contributed by atoms with Crippen LogP contribution in [0.5, 0.6) is 11.5 Å². The van der Waals surface area contributed by atoms with E-state index in [2.05, 4.69) is 17.2 Å². The summed E-state index contributed by atoms with van der Waals surface area (Å²) >= 11 is 3.64. The lowest BCUT2D eigenvalue weighted by atomic mass is 9.52. The number of benzene rings is 1. The maximum absolute atomic E-state index is 12.4. The predicted octanol–water partition coefficient (Wildman–Crippen LogP) is 1.42. The lowest BCUT2D eigenvalue weighted by Gasteiger charge is -2.54. The molecule has 1 aromatic carbocycles. The number of rotatable bonds is 0. The van der Waals surface area contributed by atoms with Gasteiger partial charge in [-0.2, -0.15) is 0 Å². The molecule has 3 N–H and O–H groups in total. The number of phenolic OH excluding ortho intramolecular Hbond substituents is 1. The van der Waals surface area contributed by atoms with E-state index < -0.39 is 0 Å². The molecule has 0 unspecified atom stereocenters. The Kier molecular flexibility index (Phi) is 3.15. The molecule has 0 radical (unpaired) electrons. The highest BCUT2D eigenvalue weighted by Crippen LogP contribution is 2.61. The molecule has 1 aromatic rings. The van der Waals surface area contributed by atoms with Crippen molar-refractivity contribution in [1.82, 2.24) is 5.32 Å². The zero-order valence-corrected chi connectivity index (χ0v) is 12.8. The number of nitrogens with one attached hydrogen (secondary N) is 1. The topological polar surface area (TPSA) is 78.8 Å². The van der Waals surface area contributed by atoms with Gasteiger partial charge in [0.2, 0.25) is 0 Å². The molecule has 118 valence electrons. The molecule has 2 bridgehead atoms. The van der Waals surface area contributed by atoms with Crippen molar-refractivity contribution in [2.24, 2.45) is 5.92 Å². The number of aromatic hydroxyl groups is 1. The fraction of sp³-hybridized carbons (Fsp3) is 0.562. The number of carbonyl (C=O) groups is 1. The van der Waals surface area contributed by atoms with Crippen LogP contribution in [0.2, 0.25) is 0 Å². The summed E-state index contributed by atoms with van der Waals surface area (Å²) in [5.41, 5.74) is 2.23. The van der Waals surface area contributed by atoms with Crippen molar-refractivity contribution < 1.29 is 19.3 Å². The molecule has 1 spiro atoms. The van der Waals surface area contributed by atoms with Crippen molar-refractivity contribution in [3.63, 3.8) is 0 Å². The Bertz CT molecular complexity index is 649. The Labute approximate surface area is 133 Å². The molecule has 0 aromatic heterocycles. The van der Waals surface area contributed by atoms with E-state index in [0.717, 1.165) is 31.4 Å². The normalized spacial score (nSPS) is 36.8. The van der Waals surface area contributed by atoms with E-state index in [1.807, 2.05) is 6.07 Å². The number of phenols is 1. The molecule has 22 heavy (non-hydrogen) atoms. The number of hydrogen-bond donors (Lipinski definition) is 3. The molecular formula is C16H18ClNO4. The van der Waals surface area contributed by atoms with Gasteiger partial charge in [0.25, 0.3) is 0 Å². The Morgan fingerprint density at radius 2 is 2.18 bits per heavy atom. The molecular weight excluding hydrogens is 306 g/mol. The summed E-state index contributed by atoms with van der Waals surface area (Å²) in [7, 11) is 0. The molecule has 5 nitrogen and oxygen atoms in total. The Morgan fingerprint density at radius 1 is 1.36 bits per heavy atom. The van der Waals surface area contributed by atoms with Crippen molar-refractivity contribution in [1.29, 1.82) is 0 Å². The zero-order chi connectivity index (χ0) is 15.5. The third-order valence-corrected chi connectivity index (χ3v) is 5.92. The maximum atomic E-state index is 12.4. The van der Waals surface area contributed by atoms with Crippen molar-refractivity contribution in [2.75, 3.05) is 6.54 Å². The number of Topliss-reactive ketones (excluding diaryl/α,β-unsaturated/α-hetero) is 1. The molecule has 2 fully saturated rings. The van der Waals surface area contributed by atoms with Crippen molar-refractivity contribution in [2.45, 2.75) is 43.2 Å². The monoisotopic (exact) mass is 323 g/mol. The summed E-state index contributed by atoms with van der Waals surface area (Å²) < 4.78 is 12.5. The van der Waals surface area contributed by atoms with Crippen LogP contribution in [0.15, 0.2) is 12.1 Å². The highest BCUT2D eigenvalue weighted by atomic mass is 35.5. The maximum Gasteiger partial charge on any atom is 0.174 e. The second kappa shape index (κ2) is 4.85. The average molecular weight is 324 g/mol. The van der Waals surface area contributed by atoms with E-state index in [9.17, 15) is 9.90 Å². The Hall–Kier alpha value is -1.30. The van der Waals surface area contributed by atoms with E-state index in [1.54, 1.807) is 6.07 Å². The zero-order valence-electron chi connectivity index (χ0n) is 12.0. The van der Waals surface area contributed by atoms with E-state index in [-0.39, 0.29) is 23.1 Å². The van der Waals surface area contributed by atoms with Crippen LogP contribution in [-0.2, 0) is 16.6 Å². The van der Waals surface area contributed by atoms with E-state index in [4.69, 9.17) is 9.40 Å². The first kappa shape index (κ1) is 14.3. The second-order valence-corrected chi connectivity index (χ2v) is 6.61. The summed E-state index contributed by atoms with van der Waals surface area (Å²) in [5.74, 6) is 1.46. The molecule has 0 amide bonds. The van der Waals surface area contributed by atoms with Gasteiger partial charge >= 0.3 is 0 Å². The van der Waals surface area contributed by atoms with Crippen LogP contribution in [0, 0.1) is 5.92 Å². The molecule has 6 heteroatoms. The van der Waals surface area contributed by atoms with E-state index in [1.165, 1.54) is 5.56 Å². The van der Waals surface area contributed by atoms with Crippen LogP contribution in [0.1, 0.15) is 30.4 Å². The smallest absolute Gasteiger partial charge is 0.174 e. The fourth-order valence-electron chi connectivity index (χ4n) is 5.25. The first-order chi connectivity index (χ1) is 10.7. The average Bonchev–Trinajstić information content (AvgIpc) is 2.88. The van der Waals surface area contributed by atoms with Crippen LogP contribution < -0.4 is 10.1 Å². The van der Waals surface area contributed by atoms with Crippen molar-refractivity contribution in [3.8, 4) is 11.5 Å². The molecule has 4 aliphatic rings. The van der Waals surface area contributed by atoms with Gasteiger partial charge in [-0.1, -0.05) is 6.07 Å². The van der Waals surface area contributed by atoms with Gasteiger partial charge in [-0.3, -0.25) is 9.45 Å². The lowest BCUT2D eigenvalue weighted by molar-refractivity contribution is -0.135. The number of ketones is 1. The summed E-state index contributed by atoms with van der Waals surface area (Å²) in [5, 5.41) is 13.8. The van der Waals surface area contributed by atoms with Gasteiger partial charge < -0.3 is 15.2 Å². The third-order valence-electron chi connectivity index (χ3n) is 5.92. The number of hydrogen-bond acceptors (Lipinski definition) is 5. The summed E-state index contributed by atoms with van der Waals surface area (Å²) in [4.78, 5) is 12.4. The van der Waals surface area contributed by atoms with E-state index in [0.29, 0.717) is 24.1 Å². The van der Waals surface area contributed by atoms with Gasteiger partial charge in [-0.15, -0.1) is 0 Å². The van der Waals surface area contributed by atoms with Gasteiger partial charge in [-0.05, 0) is 43.4 Å². The first-order valence-electron chi connectivity index (χ1n) is 7.67. The first-order valence-corrected chi connectivity index (χ1v) is 8.00. The minimum absolute atomic E-state index is 0.174. The van der Waals surface area contributed by atoms with Gasteiger partial charge in [0, 0.05) is 23.4 Å². The van der Waals surface area contributed by atoms with Gasteiger partial charge in [0.05, 0.1) is 11.9 Å². The predicted molar refractivity (Wildman–Crippen MR) is 80.1 cm³/mol. The van der Waals surface area contributed by atoms with Crippen LogP contribution >= 0.6 is 11.9 Å². The van der Waals surface area contributed by atoms with Crippen molar-refractivity contribution >= 4 is 17.6 Å². The Morgan fingerprint density at radius 3 is 3.00 bits per heavy atom. The molecule has 4 atom stereocenters. The molecule has 2 aliphatic heterocycles. The number of halogens is 1. The van der Waals surface area contributed by atoms with Gasteiger partial charge in [0.15, 0.2) is 23.4 Å². The van der Waals surface area contributed by atoms with Crippen LogP contribution in [0.25, 0.3) is 0 Å². The minimum Gasteiger partial charge on any atom is -0.504 e. The van der Waals surface area contributed by atoms with Crippen LogP contribution in [0.3, 0.4) is 0 Å². The fourth-order valence-corrected chi connectivity index (χ4v) is 5.25. The summed E-state index contributed by atoms with van der Waals surface area (Å²) in [6.07, 6.45) is 3.12. The third kappa shape index (κ3) is 1.54. The molecule has 1 saturated carbocycles. The quantitative estimate of drug-likeness (QED) is 0.673. The second-order valence-electron chi connectivity index (χ2n) is 6.61. The molecule has 2 heterocycles. The number of carbonyl (C=O) groups excluding carboxylic acids is 1. The highest BCUT2D eigenvalue weighted by Gasteiger charge is 2.64. The highest BCUT2D eigenvalue weighted by molar-refractivity contribution is 6.04. The summed E-state index contributed by atoms with van der Waals surface area (Å²) in [6, 6.07) is 4.17. The van der Waals surface area contributed by atoms with Crippen LogP contribution in [0.4, 0.5) is 0 Å². The standard InChI is InChI=1S/C16H17NO3.ClHO/c18-11-3-1-8-7-10-9-2-4-12(19)15-16(9,5-6-17-10)13(8)14(11)20-15;1-2/h1,3,9-10,15,17-18H,2,4-7H2;2H/t9-,10+,15-,16-;/m0./s1. The Balaban J connectivity index is 0.000000602. The molecule has 1 saturated heterocycles. The largest absolute Gasteiger partial charge is 0.504 e. The van der Waals surface area contributed by atoms with E-state index >= 15 is 0 Å². The van der Waals surface area contributed by atoms with Gasteiger partial charge in [-0.25, -0.2) is 0 Å². The van der Waals surface area contributed by atoms with Crippen molar-refractivity contribution in [3.05, 3.63) is 23.3 Å². The van der Waals surface area contributed by atoms with Gasteiger partial charge in [0.1, 0.15) is 0 Å². The van der Waals surface area contributed by atoms with Crippen LogP contribution in [-0.4, -0.2) is 34.2 Å². The molecule has 5 rings (SSSR count). The number of ether oxygens (including phenoxy) is 1. The lowest BCUT2D eigenvalue weighted by Crippen LogP contribution is -2.65.